The fourth-order valence-electron chi connectivity index (χ4n) is 3.09. The standard InChI is InChI=1S/C16H26N2/c1-12(2)15-5-4-6-16(11-15)18-13(3)14-7-9-17-10-8-14/h7-10,12-13,15-16,18H,4-6,11H2,1-3H3. The Bertz CT molecular complexity index is 347. The van der Waals surface area contributed by atoms with E-state index in [2.05, 4.69) is 43.2 Å². The molecule has 0 saturated heterocycles. The lowest BCUT2D eigenvalue weighted by Gasteiger charge is -2.34. The number of rotatable bonds is 4. The van der Waals surface area contributed by atoms with Crippen LogP contribution >= 0.6 is 0 Å². The van der Waals surface area contributed by atoms with E-state index >= 15 is 0 Å². The van der Waals surface area contributed by atoms with Gasteiger partial charge < -0.3 is 5.32 Å². The molecular formula is C16H26N2. The second-order valence-corrected chi connectivity index (χ2v) is 6.04. The molecule has 2 rings (SSSR count). The average molecular weight is 246 g/mol. The second kappa shape index (κ2) is 6.33. The van der Waals surface area contributed by atoms with E-state index in [1.54, 1.807) is 0 Å². The third kappa shape index (κ3) is 3.55. The van der Waals surface area contributed by atoms with Crippen LogP contribution in [0.5, 0.6) is 0 Å². The molecule has 2 nitrogen and oxygen atoms in total. The van der Waals surface area contributed by atoms with Crippen LogP contribution in [0.2, 0.25) is 0 Å². The molecule has 1 aromatic rings. The lowest BCUT2D eigenvalue weighted by molar-refractivity contribution is 0.223. The highest BCUT2D eigenvalue weighted by Crippen LogP contribution is 2.31. The first-order valence-electron chi connectivity index (χ1n) is 7.32. The zero-order valence-electron chi connectivity index (χ0n) is 11.9. The second-order valence-electron chi connectivity index (χ2n) is 6.04. The number of aromatic nitrogens is 1. The van der Waals surface area contributed by atoms with Gasteiger partial charge in [0.05, 0.1) is 0 Å². The molecular weight excluding hydrogens is 220 g/mol. The van der Waals surface area contributed by atoms with Crippen molar-refractivity contribution >= 4 is 0 Å². The minimum Gasteiger partial charge on any atom is -0.307 e. The number of hydrogen-bond acceptors (Lipinski definition) is 2. The van der Waals surface area contributed by atoms with Crippen LogP contribution in [-0.2, 0) is 0 Å². The third-order valence-corrected chi connectivity index (χ3v) is 4.35. The zero-order chi connectivity index (χ0) is 13.0. The van der Waals surface area contributed by atoms with E-state index in [1.807, 2.05) is 12.4 Å². The van der Waals surface area contributed by atoms with Gasteiger partial charge in [0.2, 0.25) is 0 Å². The molecule has 0 amide bonds. The molecule has 100 valence electrons. The van der Waals surface area contributed by atoms with Gasteiger partial charge in [0.25, 0.3) is 0 Å². The summed E-state index contributed by atoms with van der Waals surface area (Å²) >= 11 is 0. The minimum atomic E-state index is 0.434. The summed E-state index contributed by atoms with van der Waals surface area (Å²) in [7, 11) is 0. The SMILES string of the molecule is CC(NC1CCCC(C(C)C)C1)c1ccncc1. The van der Waals surface area contributed by atoms with E-state index in [-0.39, 0.29) is 0 Å². The summed E-state index contributed by atoms with van der Waals surface area (Å²) in [6, 6.07) is 5.35. The maximum absolute atomic E-state index is 4.08. The normalized spacial score (nSPS) is 26.2. The van der Waals surface area contributed by atoms with Crippen molar-refractivity contribution in [2.24, 2.45) is 11.8 Å². The first-order chi connectivity index (χ1) is 8.66. The highest BCUT2D eigenvalue weighted by atomic mass is 14.9. The van der Waals surface area contributed by atoms with Gasteiger partial charge in [-0.25, -0.2) is 0 Å². The number of hydrogen-bond donors (Lipinski definition) is 1. The molecule has 3 unspecified atom stereocenters. The average Bonchev–Trinajstić information content (AvgIpc) is 2.40. The molecule has 3 atom stereocenters. The van der Waals surface area contributed by atoms with Crippen LogP contribution in [0.4, 0.5) is 0 Å². The molecule has 1 heterocycles. The Labute approximate surface area is 111 Å². The summed E-state index contributed by atoms with van der Waals surface area (Å²) in [4.78, 5) is 4.08. The molecule has 0 aromatic carbocycles. The molecule has 1 fully saturated rings. The molecule has 1 N–H and O–H groups in total. The topological polar surface area (TPSA) is 24.9 Å². The molecule has 0 bridgehead atoms. The van der Waals surface area contributed by atoms with E-state index in [0.29, 0.717) is 12.1 Å². The number of nitrogens with one attached hydrogen (secondary N) is 1. The van der Waals surface area contributed by atoms with E-state index < -0.39 is 0 Å². The van der Waals surface area contributed by atoms with Crippen LogP contribution < -0.4 is 5.32 Å². The fourth-order valence-corrected chi connectivity index (χ4v) is 3.09. The molecule has 1 aliphatic carbocycles. The van der Waals surface area contributed by atoms with Crippen molar-refractivity contribution < 1.29 is 0 Å². The molecule has 18 heavy (non-hydrogen) atoms. The summed E-state index contributed by atoms with van der Waals surface area (Å²) in [6.45, 7) is 6.98. The van der Waals surface area contributed by atoms with Gasteiger partial charge in [0.1, 0.15) is 0 Å². The Kier molecular flexibility index (Phi) is 4.76. The van der Waals surface area contributed by atoms with Gasteiger partial charge in [-0.2, -0.15) is 0 Å². The van der Waals surface area contributed by atoms with E-state index in [1.165, 1.54) is 31.2 Å². The fraction of sp³-hybridized carbons (Fsp3) is 0.688. The molecule has 0 spiro atoms. The van der Waals surface area contributed by atoms with Crippen molar-refractivity contribution in [3.63, 3.8) is 0 Å². The van der Waals surface area contributed by atoms with Crippen molar-refractivity contribution in [2.45, 2.75) is 58.5 Å². The van der Waals surface area contributed by atoms with Gasteiger partial charge in [-0.05, 0) is 49.3 Å². The van der Waals surface area contributed by atoms with Crippen LogP contribution in [0.15, 0.2) is 24.5 Å². The molecule has 1 aliphatic rings. The van der Waals surface area contributed by atoms with Crippen LogP contribution in [0, 0.1) is 11.8 Å². The highest BCUT2D eigenvalue weighted by Gasteiger charge is 2.24. The maximum atomic E-state index is 4.08. The largest absolute Gasteiger partial charge is 0.307 e. The van der Waals surface area contributed by atoms with Crippen LogP contribution in [0.3, 0.4) is 0 Å². The smallest absolute Gasteiger partial charge is 0.0295 e. The van der Waals surface area contributed by atoms with Crippen molar-refractivity contribution in [3.8, 4) is 0 Å². The Hall–Kier alpha value is -0.890. The summed E-state index contributed by atoms with van der Waals surface area (Å²) in [6.07, 6.45) is 9.23. The lowest BCUT2D eigenvalue weighted by Crippen LogP contribution is -2.37. The first-order valence-corrected chi connectivity index (χ1v) is 7.32. The van der Waals surface area contributed by atoms with Crippen LogP contribution in [-0.4, -0.2) is 11.0 Å². The van der Waals surface area contributed by atoms with Crippen LogP contribution in [0.1, 0.15) is 58.1 Å². The Morgan fingerprint density at radius 2 is 1.89 bits per heavy atom. The summed E-state index contributed by atoms with van der Waals surface area (Å²) in [5, 5.41) is 3.79. The van der Waals surface area contributed by atoms with Gasteiger partial charge in [-0.15, -0.1) is 0 Å². The lowest BCUT2D eigenvalue weighted by atomic mass is 9.79. The Balaban J connectivity index is 1.89. The Morgan fingerprint density at radius 3 is 2.56 bits per heavy atom. The van der Waals surface area contributed by atoms with E-state index in [0.717, 1.165) is 11.8 Å². The molecule has 2 heteroatoms. The molecule has 1 saturated carbocycles. The van der Waals surface area contributed by atoms with Crippen LogP contribution in [0.25, 0.3) is 0 Å². The van der Waals surface area contributed by atoms with Gasteiger partial charge in [0, 0.05) is 24.5 Å². The Morgan fingerprint density at radius 1 is 1.17 bits per heavy atom. The number of nitrogens with zero attached hydrogens (tertiary/aromatic N) is 1. The third-order valence-electron chi connectivity index (χ3n) is 4.35. The molecule has 0 radical (unpaired) electrons. The van der Waals surface area contributed by atoms with Gasteiger partial charge in [0.15, 0.2) is 0 Å². The predicted octanol–water partition coefficient (Wildman–Crippen LogP) is 3.95. The quantitative estimate of drug-likeness (QED) is 0.870. The maximum Gasteiger partial charge on any atom is 0.0295 e. The van der Waals surface area contributed by atoms with Gasteiger partial charge in [-0.1, -0.05) is 26.7 Å². The zero-order valence-corrected chi connectivity index (χ0v) is 11.9. The van der Waals surface area contributed by atoms with Crippen molar-refractivity contribution in [2.75, 3.05) is 0 Å². The van der Waals surface area contributed by atoms with E-state index in [4.69, 9.17) is 0 Å². The summed E-state index contributed by atoms with van der Waals surface area (Å²) < 4.78 is 0. The first kappa shape index (κ1) is 13.5. The van der Waals surface area contributed by atoms with E-state index in [9.17, 15) is 0 Å². The molecule has 1 aromatic heterocycles. The van der Waals surface area contributed by atoms with Crippen molar-refractivity contribution in [1.82, 2.24) is 10.3 Å². The monoisotopic (exact) mass is 246 g/mol. The van der Waals surface area contributed by atoms with Gasteiger partial charge >= 0.3 is 0 Å². The summed E-state index contributed by atoms with van der Waals surface area (Å²) in [5.74, 6) is 1.73. The molecule has 0 aliphatic heterocycles. The van der Waals surface area contributed by atoms with Crippen molar-refractivity contribution in [3.05, 3.63) is 30.1 Å². The number of pyridine rings is 1. The van der Waals surface area contributed by atoms with Gasteiger partial charge in [-0.3, -0.25) is 4.98 Å². The van der Waals surface area contributed by atoms with Crippen molar-refractivity contribution in [1.29, 1.82) is 0 Å². The minimum absolute atomic E-state index is 0.434. The predicted molar refractivity (Wildman–Crippen MR) is 76.4 cm³/mol. The highest BCUT2D eigenvalue weighted by molar-refractivity contribution is 5.14. The summed E-state index contributed by atoms with van der Waals surface area (Å²) in [5.41, 5.74) is 1.34.